The van der Waals surface area contributed by atoms with Crippen LogP contribution in [-0.2, 0) is 4.74 Å². The van der Waals surface area contributed by atoms with Crippen molar-refractivity contribution >= 4 is 0 Å². The molecule has 1 heterocycles. The second kappa shape index (κ2) is 5.33. The van der Waals surface area contributed by atoms with E-state index in [1.807, 2.05) is 0 Å². The number of hydrogen-bond acceptors (Lipinski definition) is 2. The topological polar surface area (TPSA) is 21.3 Å². The van der Waals surface area contributed by atoms with Crippen molar-refractivity contribution in [2.24, 2.45) is 0 Å². The van der Waals surface area contributed by atoms with Gasteiger partial charge in [-0.25, -0.2) is 0 Å². The maximum Gasteiger partial charge on any atom is 0.0672 e. The molecule has 0 radical (unpaired) electrons. The first-order chi connectivity index (χ1) is 5.84. The SMILES string of the molecule is COCC(C)=C1CCCNCC1. The highest BCUT2D eigenvalue weighted by Crippen LogP contribution is 2.16. The molecule has 1 fully saturated rings. The van der Waals surface area contributed by atoms with Crippen LogP contribution in [0.5, 0.6) is 0 Å². The van der Waals surface area contributed by atoms with Crippen LogP contribution in [0.1, 0.15) is 26.2 Å². The van der Waals surface area contributed by atoms with Gasteiger partial charge in [-0.3, -0.25) is 0 Å². The lowest BCUT2D eigenvalue weighted by molar-refractivity contribution is 0.224. The summed E-state index contributed by atoms with van der Waals surface area (Å²) in [5.74, 6) is 0. The highest BCUT2D eigenvalue weighted by atomic mass is 16.5. The van der Waals surface area contributed by atoms with E-state index in [1.165, 1.54) is 31.4 Å². The maximum atomic E-state index is 5.12. The van der Waals surface area contributed by atoms with Crippen LogP contribution in [0.2, 0.25) is 0 Å². The molecule has 0 aromatic carbocycles. The summed E-state index contributed by atoms with van der Waals surface area (Å²) in [5.41, 5.74) is 3.03. The third-order valence-electron chi connectivity index (χ3n) is 2.40. The average Bonchev–Trinajstić information content (AvgIpc) is 2.32. The highest BCUT2D eigenvalue weighted by Gasteiger charge is 2.06. The summed E-state index contributed by atoms with van der Waals surface area (Å²) < 4.78 is 5.12. The Morgan fingerprint density at radius 3 is 3.00 bits per heavy atom. The van der Waals surface area contributed by atoms with Crippen molar-refractivity contribution in [2.75, 3.05) is 26.8 Å². The molecule has 0 aromatic rings. The first kappa shape index (κ1) is 9.75. The second-order valence-electron chi connectivity index (χ2n) is 3.42. The van der Waals surface area contributed by atoms with E-state index in [4.69, 9.17) is 4.74 Å². The molecule has 2 heteroatoms. The van der Waals surface area contributed by atoms with Crippen molar-refractivity contribution in [3.05, 3.63) is 11.1 Å². The summed E-state index contributed by atoms with van der Waals surface area (Å²) in [4.78, 5) is 0. The predicted molar refractivity (Wildman–Crippen MR) is 51.3 cm³/mol. The Kier molecular flexibility index (Phi) is 4.33. The molecule has 0 aromatic heterocycles. The van der Waals surface area contributed by atoms with Crippen molar-refractivity contribution in [1.82, 2.24) is 5.32 Å². The van der Waals surface area contributed by atoms with Gasteiger partial charge in [-0.1, -0.05) is 5.57 Å². The van der Waals surface area contributed by atoms with E-state index in [0.29, 0.717) is 0 Å². The minimum Gasteiger partial charge on any atom is -0.380 e. The fourth-order valence-corrected chi connectivity index (χ4v) is 1.66. The zero-order chi connectivity index (χ0) is 8.81. The van der Waals surface area contributed by atoms with Crippen LogP contribution in [0.4, 0.5) is 0 Å². The molecular formula is C10H19NO. The van der Waals surface area contributed by atoms with Crippen LogP contribution >= 0.6 is 0 Å². The van der Waals surface area contributed by atoms with E-state index in [2.05, 4.69) is 12.2 Å². The molecule has 1 aliphatic heterocycles. The number of methoxy groups -OCH3 is 1. The summed E-state index contributed by atoms with van der Waals surface area (Å²) in [5, 5.41) is 3.40. The Morgan fingerprint density at radius 2 is 2.25 bits per heavy atom. The summed E-state index contributed by atoms with van der Waals surface area (Å²) in [6.45, 7) is 5.29. The lowest BCUT2D eigenvalue weighted by Crippen LogP contribution is -2.13. The largest absolute Gasteiger partial charge is 0.380 e. The summed E-state index contributed by atoms with van der Waals surface area (Å²) in [7, 11) is 1.76. The van der Waals surface area contributed by atoms with E-state index in [1.54, 1.807) is 12.7 Å². The monoisotopic (exact) mass is 169 g/mol. The average molecular weight is 169 g/mol. The lowest BCUT2D eigenvalue weighted by Gasteiger charge is -2.07. The fraction of sp³-hybridized carbons (Fsp3) is 0.800. The Hall–Kier alpha value is -0.340. The number of hydrogen-bond donors (Lipinski definition) is 1. The van der Waals surface area contributed by atoms with E-state index in [-0.39, 0.29) is 0 Å². The first-order valence-electron chi connectivity index (χ1n) is 4.71. The van der Waals surface area contributed by atoms with Crippen LogP contribution in [-0.4, -0.2) is 26.8 Å². The Morgan fingerprint density at radius 1 is 1.42 bits per heavy atom. The summed E-state index contributed by atoms with van der Waals surface area (Å²) in [6, 6.07) is 0. The third kappa shape index (κ3) is 2.95. The van der Waals surface area contributed by atoms with Crippen LogP contribution in [0.15, 0.2) is 11.1 Å². The van der Waals surface area contributed by atoms with Gasteiger partial charge in [-0.05, 0) is 44.8 Å². The van der Waals surface area contributed by atoms with Crippen LogP contribution in [0, 0.1) is 0 Å². The molecule has 0 aliphatic carbocycles. The Labute approximate surface area is 75.0 Å². The smallest absolute Gasteiger partial charge is 0.0672 e. The summed E-state index contributed by atoms with van der Waals surface area (Å²) in [6.07, 6.45) is 3.73. The summed E-state index contributed by atoms with van der Waals surface area (Å²) >= 11 is 0. The van der Waals surface area contributed by atoms with Crippen molar-refractivity contribution in [3.63, 3.8) is 0 Å². The number of ether oxygens (including phenoxy) is 1. The van der Waals surface area contributed by atoms with Gasteiger partial charge in [0, 0.05) is 7.11 Å². The van der Waals surface area contributed by atoms with Crippen molar-refractivity contribution in [3.8, 4) is 0 Å². The van der Waals surface area contributed by atoms with Crippen LogP contribution in [0.25, 0.3) is 0 Å². The van der Waals surface area contributed by atoms with Gasteiger partial charge in [0.25, 0.3) is 0 Å². The fourth-order valence-electron chi connectivity index (χ4n) is 1.66. The van der Waals surface area contributed by atoms with E-state index < -0.39 is 0 Å². The van der Waals surface area contributed by atoms with Gasteiger partial charge in [0.1, 0.15) is 0 Å². The van der Waals surface area contributed by atoms with Crippen LogP contribution in [0.3, 0.4) is 0 Å². The molecule has 1 N–H and O–H groups in total. The Bertz CT molecular complexity index is 153. The van der Waals surface area contributed by atoms with Gasteiger partial charge in [-0.15, -0.1) is 0 Å². The molecular weight excluding hydrogens is 150 g/mol. The molecule has 12 heavy (non-hydrogen) atoms. The van der Waals surface area contributed by atoms with Crippen molar-refractivity contribution in [2.45, 2.75) is 26.2 Å². The van der Waals surface area contributed by atoms with Gasteiger partial charge in [0.05, 0.1) is 6.61 Å². The number of nitrogens with one attached hydrogen (secondary N) is 1. The van der Waals surface area contributed by atoms with Gasteiger partial charge < -0.3 is 10.1 Å². The quantitative estimate of drug-likeness (QED) is 0.636. The molecule has 1 aliphatic rings. The molecule has 0 unspecified atom stereocenters. The maximum absolute atomic E-state index is 5.12. The molecule has 2 nitrogen and oxygen atoms in total. The van der Waals surface area contributed by atoms with Gasteiger partial charge in [0.15, 0.2) is 0 Å². The minimum atomic E-state index is 0.801. The van der Waals surface area contributed by atoms with E-state index in [9.17, 15) is 0 Å². The zero-order valence-electron chi connectivity index (χ0n) is 8.15. The molecule has 70 valence electrons. The number of rotatable bonds is 2. The molecule has 0 saturated carbocycles. The molecule has 0 atom stereocenters. The lowest BCUT2D eigenvalue weighted by atomic mass is 10.0. The minimum absolute atomic E-state index is 0.801. The van der Waals surface area contributed by atoms with Gasteiger partial charge in [-0.2, -0.15) is 0 Å². The molecule has 0 spiro atoms. The molecule has 0 amide bonds. The standard InChI is InChI=1S/C10H19NO/c1-9(8-12-2)10-4-3-6-11-7-5-10/h11H,3-8H2,1-2H3. The normalized spacial score (nSPS) is 23.5. The third-order valence-corrected chi connectivity index (χ3v) is 2.40. The van der Waals surface area contributed by atoms with Gasteiger partial charge in [0.2, 0.25) is 0 Å². The predicted octanol–water partition coefficient (Wildman–Crippen LogP) is 1.72. The Balaban J connectivity index is 2.50. The molecule has 1 saturated heterocycles. The molecule has 0 bridgehead atoms. The van der Waals surface area contributed by atoms with Gasteiger partial charge >= 0.3 is 0 Å². The van der Waals surface area contributed by atoms with Crippen molar-refractivity contribution < 1.29 is 4.74 Å². The first-order valence-corrected chi connectivity index (χ1v) is 4.71. The van der Waals surface area contributed by atoms with E-state index in [0.717, 1.165) is 13.2 Å². The van der Waals surface area contributed by atoms with Crippen LogP contribution < -0.4 is 5.32 Å². The highest BCUT2D eigenvalue weighted by molar-refractivity contribution is 5.13. The molecule has 1 rings (SSSR count). The second-order valence-corrected chi connectivity index (χ2v) is 3.42. The van der Waals surface area contributed by atoms with Crippen molar-refractivity contribution in [1.29, 1.82) is 0 Å². The van der Waals surface area contributed by atoms with E-state index >= 15 is 0 Å². The zero-order valence-corrected chi connectivity index (χ0v) is 8.15.